The van der Waals surface area contributed by atoms with Gasteiger partial charge < -0.3 is 15.4 Å². The van der Waals surface area contributed by atoms with Crippen LogP contribution >= 0.6 is 0 Å². The van der Waals surface area contributed by atoms with E-state index in [0.717, 1.165) is 11.7 Å². The minimum atomic E-state index is 0.0756. The van der Waals surface area contributed by atoms with Gasteiger partial charge >= 0.3 is 0 Å². The summed E-state index contributed by atoms with van der Waals surface area (Å²) in [5.41, 5.74) is 7.51. The third kappa shape index (κ3) is 2.51. The molecule has 1 fully saturated rings. The van der Waals surface area contributed by atoms with Gasteiger partial charge in [-0.2, -0.15) is 0 Å². The van der Waals surface area contributed by atoms with Crippen molar-refractivity contribution in [3.8, 4) is 5.75 Å². The van der Waals surface area contributed by atoms with Crippen LogP contribution in [0.25, 0.3) is 0 Å². The molecule has 3 unspecified atom stereocenters. The van der Waals surface area contributed by atoms with Gasteiger partial charge in [0.05, 0.1) is 12.6 Å². The Bertz CT molecular complexity index is 431. The number of likely N-dealkylation sites (N-methyl/N-ethyl adjacent to an activating group) is 1. The molecule has 3 atom stereocenters. The Morgan fingerprint density at radius 1 is 1.30 bits per heavy atom. The molecule has 3 nitrogen and oxygen atoms in total. The zero-order valence-corrected chi connectivity index (χ0v) is 13.2. The first-order valence-electron chi connectivity index (χ1n) is 7.63. The van der Waals surface area contributed by atoms with E-state index in [1.165, 1.54) is 24.9 Å². The van der Waals surface area contributed by atoms with Crippen molar-refractivity contribution >= 4 is 5.69 Å². The number of nitrogens with two attached hydrogens (primary N) is 1. The average molecular weight is 276 g/mol. The van der Waals surface area contributed by atoms with E-state index in [0.29, 0.717) is 12.5 Å². The van der Waals surface area contributed by atoms with Gasteiger partial charge in [-0.3, -0.25) is 0 Å². The summed E-state index contributed by atoms with van der Waals surface area (Å²) in [5.74, 6) is 2.23. The first kappa shape index (κ1) is 15.2. The zero-order valence-electron chi connectivity index (χ0n) is 13.2. The van der Waals surface area contributed by atoms with Crippen LogP contribution in [0.2, 0.25) is 0 Å². The monoisotopic (exact) mass is 276 g/mol. The highest BCUT2D eigenvalue weighted by Crippen LogP contribution is 2.42. The second-order valence-corrected chi connectivity index (χ2v) is 6.22. The maximum absolute atomic E-state index is 6.22. The molecule has 0 heterocycles. The molecule has 1 aliphatic carbocycles. The van der Waals surface area contributed by atoms with Crippen LogP contribution in [0.1, 0.15) is 33.1 Å². The third-order valence-electron chi connectivity index (χ3n) is 5.45. The number of hydrogen-bond acceptors (Lipinski definition) is 3. The van der Waals surface area contributed by atoms with Crippen molar-refractivity contribution in [2.45, 2.75) is 38.6 Å². The topological polar surface area (TPSA) is 38.5 Å². The molecule has 2 rings (SSSR count). The molecule has 2 N–H and O–H groups in total. The molecule has 0 aromatic heterocycles. The van der Waals surface area contributed by atoms with Crippen molar-refractivity contribution < 1.29 is 4.74 Å². The fraction of sp³-hybridized carbons (Fsp3) is 0.647. The Labute approximate surface area is 123 Å². The summed E-state index contributed by atoms with van der Waals surface area (Å²) in [6.45, 7) is 5.42. The molecule has 0 aliphatic heterocycles. The Kier molecular flexibility index (Phi) is 4.59. The molecule has 0 radical (unpaired) electrons. The van der Waals surface area contributed by atoms with Crippen LogP contribution in [-0.4, -0.2) is 26.2 Å². The summed E-state index contributed by atoms with van der Waals surface area (Å²) in [4.78, 5) is 2.40. The van der Waals surface area contributed by atoms with Gasteiger partial charge in [-0.25, -0.2) is 0 Å². The van der Waals surface area contributed by atoms with Crippen molar-refractivity contribution in [1.29, 1.82) is 0 Å². The van der Waals surface area contributed by atoms with E-state index in [4.69, 9.17) is 10.5 Å². The van der Waals surface area contributed by atoms with Crippen molar-refractivity contribution in [3.63, 3.8) is 0 Å². The Morgan fingerprint density at radius 2 is 1.95 bits per heavy atom. The summed E-state index contributed by atoms with van der Waals surface area (Å²) in [6.07, 6.45) is 3.76. The number of ether oxygens (including phenoxy) is 1. The van der Waals surface area contributed by atoms with E-state index in [2.05, 4.69) is 37.9 Å². The van der Waals surface area contributed by atoms with Crippen molar-refractivity contribution in [3.05, 3.63) is 24.3 Å². The Balaban J connectivity index is 2.29. The van der Waals surface area contributed by atoms with Crippen molar-refractivity contribution in [2.75, 3.05) is 25.6 Å². The lowest BCUT2D eigenvalue weighted by Gasteiger charge is -2.52. The van der Waals surface area contributed by atoms with Crippen molar-refractivity contribution in [1.82, 2.24) is 0 Å². The number of methoxy groups -OCH3 is 1. The first-order valence-corrected chi connectivity index (χ1v) is 7.63. The lowest BCUT2D eigenvalue weighted by Crippen LogP contribution is -2.60. The fourth-order valence-corrected chi connectivity index (χ4v) is 3.70. The van der Waals surface area contributed by atoms with Crippen LogP contribution in [-0.2, 0) is 0 Å². The normalized spacial score (nSPS) is 30.1. The van der Waals surface area contributed by atoms with Crippen molar-refractivity contribution in [2.24, 2.45) is 17.6 Å². The molecule has 3 heteroatoms. The molecule has 112 valence electrons. The lowest BCUT2D eigenvalue weighted by molar-refractivity contribution is 0.144. The number of hydrogen-bond donors (Lipinski definition) is 1. The van der Waals surface area contributed by atoms with Gasteiger partial charge in [0, 0.05) is 19.3 Å². The van der Waals surface area contributed by atoms with Crippen LogP contribution in [0, 0.1) is 11.8 Å². The van der Waals surface area contributed by atoms with Crippen LogP contribution in [0.3, 0.4) is 0 Å². The van der Waals surface area contributed by atoms with E-state index in [1.54, 1.807) is 7.11 Å². The van der Waals surface area contributed by atoms with Gasteiger partial charge in [-0.1, -0.05) is 26.7 Å². The molecular formula is C17H28N2O. The second-order valence-electron chi connectivity index (χ2n) is 6.22. The summed E-state index contributed by atoms with van der Waals surface area (Å²) >= 11 is 0. The summed E-state index contributed by atoms with van der Waals surface area (Å²) in [7, 11) is 3.88. The number of rotatable bonds is 4. The van der Waals surface area contributed by atoms with Gasteiger partial charge in [-0.05, 0) is 42.5 Å². The first-order chi connectivity index (χ1) is 9.55. The largest absolute Gasteiger partial charge is 0.497 e. The highest BCUT2D eigenvalue weighted by Gasteiger charge is 2.43. The van der Waals surface area contributed by atoms with Gasteiger partial charge in [0.1, 0.15) is 5.75 Å². The quantitative estimate of drug-likeness (QED) is 0.917. The summed E-state index contributed by atoms with van der Waals surface area (Å²) in [5, 5.41) is 0. The molecule has 0 saturated heterocycles. The molecule has 0 bridgehead atoms. The van der Waals surface area contributed by atoms with Crippen LogP contribution in [0.15, 0.2) is 24.3 Å². The van der Waals surface area contributed by atoms with E-state index >= 15 is 0 Å². The maximum Gasteiger partial charge on any atom is 0.119 e. The molecule has 1 aliphatic rings. The van der Waals surface area contributed by atoms with Gasteiger partial charge in [0.25, 0.3) is 0 Å². The Hall–Kier alpha value is -1.22. The van der Waals surface area contributed by atoms with Crippen LogP contribution in [0.4, 0.5) is 5.69 Å². The predicted octanol–water partition coefficient (Wildman–Crippen LogP) is 3.29. The predicted molar refractivity (Wildman–Crippen MR) is 85.4 cm³/mol. The van der Waals surface area contributed by atoms with E-state index in [9.17, 15) is 0 Å². The molecule has 1 aromatic rings. The molecular weight excluding hydrogens is 248 g/mol. The summed E-state index contributed by atoms with van der Waals surface area (Å²) in [6, 6.07) is 8.30. The average Bonchev–Trinajstić information content (AvgIpc) is 2.50. The van der Waals surface area contributed by atoms with Crippen LogP contribution < -0.4 is 15.4 Å². The number of nitrogens with zero attached hydrogens (tertiary/aromatic N) is 1. The fourth-order valence-electron chi connectivity index (χ4n) is 3.70. The van der Waals surface area contributed by atoms with Gasteiger partial charge in [-0.15, -0.1) is 0 Å². The SMILES string of the molecule is COc1ccc(N(C)C2(CN)CCCC(C)C2C)cc1. The third-order valence-corrected chi connectivity index (χ3v) is 5.45. The smallest absolute Gasteiger partial charge is 0.119 e. The zero-order chi connectivity index (χ0) is 14.8. The maximum atomic E-state index is 6.22. The van der Waals surface area contributed by atoms with E-state index in [1.807, 2.05) is 12.1 Å². The Morgan fingerprint density at radius 3 is 2.50 bits per heavy atom. The highest BCUT2D eigenvalue weighted by molar-refractivity contribution is 5.51. The highest BCUT2D eigenvalue weighted by atomic mass is 16.5. The molecule has 20 heavy (non-hydrogen) atoms. The minimum Gasteiger partial charge on any atom is -0.497 e. The lowest BCUT2D eigenvalue weighted by atomic mass is 9.67. The molecule has 0 spiro atoms. The molecule has 1 aromatic carbocycles. The van der Waals surface area contributed by atoms with E-state index in [-0.39, 0.29) is 5.54 Å². The number of anilines is 1. The van der Waals surface area contributed by atoms with Gasteiger partial charge in [0.2, 0.25) is 0 Å². The summed E-state index contributed by atoms with van der Waals surface area (Å²) < 4.78 is 5.24. The number of benzene rings is 1. The van der Waals surface area contributed by atoms with E-state index < -0.39 is 0 Å². The second kappa shape index (κ2) is 6.04. The minimum absolute atomic E-state index is 0.0756. The van der Waals surface area contributed by atoms with Gasteiger partial charge in [0.15, 0.2) is 0 Å². The standard InChI is InChI=1S/C17H28N2O/c1-13-6-5-11-17(12-18,14(13)2)19(3)15-7-9-16(20-4)10-8-15/h7-10,13-14H,5-6,11-12,18H2,1-4H3. The van der Waals surface area contributed by atoms with Crippen LogP contribution in [0.5, 0.6) is 5.75 Å². The molecule has 1 saturated carbocycles. The molecule has 0 amide bonds.